The van der Waals surface area contributed by atoms with Crippen LogP contribution in [0.15, 0.2) is 34.6 Å². The van der Waals surface area contributed by atoms with Crippen molar-refractivity contribution in [2.24, 2.45) is 5.92 Å². The van der Waals surface area contributed by atoms with Gasteiger partial charge in [-0.1, -0.05) is 0 Å². The maximum atomic E-state index is 11.1. The molecule has 0 unspecified atom stereocenters. The molecule has 0 radical (unpaired) electrons. The van der Waals surface area contributed by atoms with Crippen LogP contribution in [0, 0.1) is 21.4 Å². The third-order valence-electron chi connectivity index (χ3n) is 5.64. The smallest absolute Gasteiger partial charge is 0.270 e. The highest BCUT2D eigenvalue weighted by Gasteiger charge is 2.19. The minimum absolute atomic E-state index is 0.0389. The molecule has 3 aromatic rings. The number of nitrogens with zero attached hydrogens (tertiary/aromatic N) is 5. The summed E-state index contributed by atoms with van der Waals surface area (Å²) >= 11 is 1.20. The van der Waals surface area contributed by atoms with Crippen LogP contribution in [0.1, 0.15) is 19.3 Å². The van der Waals surface area contributed by atoms with E-state index >= 15 is 0 Å². The number of rotatable bonds is 8. The van der Waals surface area contributed by atoms with Gasteiger partial charge in [0.15, 0.2) is 16.3 Å². The normalized spacial score (nSPS) is 14.6. The predicted molar refractivity (Wildman–Crippen MR) is 116 cm³/mol. The van der Waals surface area contributed by atoms with Gasteiger partial charge in [-0.2, -0.15) is 0 Å². The highest BCUT2D eigenvalue weighted by atomic mass is 32.2. The second kappa shape index (κ2) is 9.39. The Balaban J connectivity index is 1.56. The fourth-order valence-electron chi connectivity index (χ4n) is 3.81. The van der Waals surface area contributed by atoms with Gasteiger partial charge in [0.1, 0.15) is 11.3 Å². The molecule has 1 aromatic carbocycles. The summed E-state index contributed by atoms with van der Waals surface area (Å²) in [6.45, 7) is 2.27. The van der Waals surface area contributed by atoms with E-state index in [-0.39, 0.29) is 11.2 Å². The van der Waals surface area contributed by atoms with Gasteiger partial charge in [-0.3, -0.25) is 20.3 Å². The van der Waals surface area contributed by atoms with E-state index in [1.54, 1.807) is 17.3 Å². The van der Waals surface area contributed by atoms with Gasteiger partial charge < -0.3 is 19.2 Å². The Labute approximate surface area is 187 Å². The molecule has 2 N–H and O–H groups in total. The lowest BCUT2D eigenvalue weighted by atomic mass is 9.94. The molecule has 3 heterocycles. The van der Waals surface area contributed by atoms with Gasteiger partial charge in [0.2, 0.25) is 6.41 Å². The fourth-order valence-corrected chi connectivity index (χ4v) is 4.73. The predicted octanol–water partition coefficient (Wildman–Crippen LogP) is 2.57. The number of amides is 1. The lowest BCUT2D eigenvalue weighted by Gasteiger charge is -2.29. The van der Waals surface area contributed by atoms with E-state index in [0.29, 0.717) is 39.4 Å². The largest absolute Gasteiger partial charge is 0.496 e. The van der Waals surface area contributed by atoms with Crippen LogP contribution in [0.25, 0.3) is 11.2 Å². The number of H-pyrrole nitrogens is 1. The van der Waals surface area contributed by atoms with Gasteiger partial charge in [0.25, 0.3) is 5.69 Å². The number of piperidine rings is 1. The van der Waals surface area contributed by atoms with Crippen LogP contribution in [0.4, 0.5) is 5.69 Å². The summed E-state index contributed by atoms with van der Waals surface area (Å²) in [4.78, 5) is 35.9. The first kappa shape index (κ1) is 21.8. The van der Waals surface area contributed by atoms with E-state index in [1.807, 2.05) is 4.57 Å². The van der Waals surface area contributed by atoms with Gasteiger partial charge in [0, 0.05) is 31.8 Å². The van der Waals surface area contributed by atoms with Crippen molar-refractivity contribution in [3.8, 4) is 5.75 Å². The Bertz CT molecular complexity index is 1200. The summed E-state index contributed by atoms with van der Waals surface area (Å²) in [6, 6.07) is 4.38. The first-order valence-electron chi connectivity index (χ1n) is 10.2. The van der Waals surface area contributed by atoms with E-state index in [4.69, 9.17) is 10.1 Å². The van der Waals surface area contributed by atoms with Crippen LogP contribution in [-0.2, 0) is 11.3 Å². The summed E-state index contributed by atoms with van der Waals surface area (Å²) in [5.41, 5.74) is 1.17. The molecule has 168 valence electrons. The van der Waals surface area contributed by atoms with E-state index in [9.17, 15) is 14.9 Å². The van der Waals surface area contributed by atoms with Crippen LogP contribution < -0.4 is 10.2 Å². The number of fused-ring (bicyclic) bond motifs is 1. The van der Waals surface area contributed by atoms with Crippen molar-refractivity contribution in [1.29, 1.82) is 5.41 Å². The Morgan fingerprint density at radius 1 is 1.41 bits per heavy atom. The van der Waals surface area contributed by atoms with E-state index in [0.717, 1.165) is 38.8 Å². The highest BCUT2D eigenvalue weighted by Crippen LogP contribution is 2.36. The second-order valence-electron chi connectivity index (χ2n) is 7.59. The highest BCUT2D eigenvalue weighted by molar-refractivity contribution is 7.99. The van der Waals surface area contributed by atoms with Crippen LogP contribution in [0.3, 0.4) is 0 Å². The van der Waals surface area contributed by atoms with Crippen molar-refractivity contribution < 1.29 is 14.5 Å². The third-order valence-corrected chi connectivity index (χ3v) is 6.56. The molecule has 1 aliphatic rings. The Morgan fingerprint density at radius 3 is 2.88 bits per heavy atom. The van der Waals surface area contributed by atoms with E-state index in [1.165, 1.54) is 31.0 Å². The van der Waals surface area contributed by atoms with Crippen molar-refractivity contribution in [2.75, 3.05) is 20.2 Å². The Morgan fingerprint density at radius 2 is 2.19 bits per heavy atom. The van der Waals surface area contributed by atoms with Crippen LogP contribution >= 0.6 is 11.8 Å². The van der Waals surface area contributed by atoms with Gasteiger partial charge in [-0.25, -0.2) is 9.97 Å². The molecule has 0 saturated carbocycles. The van der Waals surface area contributed by atoms with Crippen LogP contribution in [0.2, 0.25) is 0 Å². The second-order valence-corrected chi connectivity index (χ2v) is 8.63. The summed E-state index contributed by atoms with van der Waals surface area (Å²) < 4.78 is 7.25. The number of imidazole rings is 1. The number of likely N-dealkylation sites (tertiary alicyclic amines) is 1. The molecule has 1 saturated heterocycles. The van der Waals surface area contributed by atoms with Crippen molar-refractivity contribution in [3.63, 3.8) is 0 Å². The average molecular weight is 458 g/mol. The molecule has 0 bridgehead atoms. The number of aromatic nitrogens is 4. The molecular formula is C20H23N7O4S. The topological polar surface area (TPSA) is 143 Å². The fraction of sp³-hybridized carbons (Fsp3) is 0.400. The number of nitro groups is 1. The van der Waals surface area contributed by atoms with E-state index < -0.39 is 4.92 Å². The number of nitrogens with one attached hydrogen (secondary N) is 2. The number of benzene rings is 1. The van der Waals surface area contributed by atoms with Crippen LogP contribution in [-0.4, -0.2) is 56.0 Å². The van der Waals surface area contributed by atoms with Gasteiger partial charge in [-0.05, 0) is 43.0 Å². The number of non-ortho nitro benzene ring substituents is 1. The van der Waals surface area contributed by atoms with Crippen LogP contribution in [0.5, 0.6) is 5.75 Å². The van der Waals surface area contributed by atoms with E-state index in [2.05, 4.69) is 15.0 Å². The molecule has 11 nitrogen and oxygen atoms in total. The van der Waals surface area contributed by atoms with Crippen molar-refractivity contribution in [3.05, 3.63) is 40.1 Å². The number of hydrogen-bond donors (Lipinski definition) is 2. The summed E-state index contributed by atoms with van der Waals surface area (Å²) in [5.74, 6) is 1.02. The molecular weight excluding hydrogens is 434 g/mol. The maximum absolute atomic E-state index is 11.1. The molecule has 2 aromatic heterocycles. The molecule has 32 heavy (non-hydrogen) atoms. The monoisotopic (exact) mass is 457 g/mol. The number of aromatic amines is 1. The number of ether oxygens (including phenoxy) is 1. The number of carbonyl (C=O) groups excluding carboxylic acids is 1. The van der Waals surface area contributed by atoms with Crippen molar-refractivity contribution >= 4 is 35.0 Å². The maximum Gasteiger partial charge on any atom is 0.270 e. The zero-order valence-corrected chi connectivity index (χ0v) is 18.3. The Hall–Kier alpha value is -3.41. The lowest BCUT2D eigenvalue weighted by Crippen LogP contribution is -2.32. The molecule has 4 rings (SSSR count). The lowest BCUT2D eigenvalue weighted by molar-refractivity contribution is -0.385. The first-order chi connectivity index (χ1) is 15.5. The molecule has 1 amide bonds. The average Bonchev–Trinajstić information content (AvgIpc) is 3.23. The van der Waals surface area contributed by atoms with Gasteiger partial charge in [-0.15, -0.1) is 0 Å². The number of methoxy groups -OCH3 is 1. The van der Waals surface area contributed by atoms with Gasteiger partial charge in [0.05, 0.1) is 23.3 Å². The number of nitro benzene ring substituents is 1. The molecule has 1 aliphatic heterocycles. The number of aryl methyl sites for hydroxylation is 1. The van der Waals surface area contributed by atoms with Gasteiger partial charge >= 0.3 is 0 Å². The third kappa shape index (κ3) is 4.59. The number of carbonyl (C=O) groups is 1. The van der Waals surface area contributed by atoms with Crippen molar-refractivity contribution in [2.45, 2.75) is 35.9 Å². The standard InChI is InChI=1S/C20H23N7O4S/c1-31-15-3-2-14(27(29)30)10-16(15)32-20-23-17-18(21)22-11-26(19(17)24-20)9-6-13-4-7-25(12-28)8-5-13/h2-3,10-13,21H,4-9H2,1H3,(H,23,24). The summed E-state index contributed by atoms with van der Waals surface area (Å²) in [5, 5.41) is 19.8. The zero-order chi connectivity index (χ0) is 22.7. The zero-order valence-electron chi connectivity index (χ0n) is 17.5. The molecule has 12 heteroatoms. The summed E-state index contributed by atoms with van der Waals surface area (Å²) in [6.07, 6.45) is 5.40. The molecule has 0 atom stereocenters. The molecule has 0 spiro atoms. The SMILES string of the molecule is COc1ccc([N+](=O)[O-])cc1Sc1nc2c([nH]1)c(=N)ncn2CCC1CCN(C=O)CC1. The first-order valence-corrected chi connectivity index (χ1v) is 11.0. The minimum atomic E-state index is -0.457. The molecule has 0 aliphatic carbocycles. The number of hydrogen-bond acceptors (Lipinski definition) is 8. The minimum Gasteiger partial charge on any atom is -0.496 e. The summed E-state index contributed by atoms with van der Waals surface area (Å²) in [7, 11) is 1.50. The Kier molecular flexibility index (Phi) is 6.40. The molecule has 1 fully saturated rings. The quantitative estimate of drug-likeness (QED) is 0.301. The van der Waals surface area contributed by atoms with Crippen molar-refractivity contribution in [1.82, 2.24) is 24.4 Å².